The number of imide groups is 1. The third-order valence-electron chi connectivity index (χ3n) is 4.20. The largest absolute Gasteiger partial charge is 0.345 e. The number of piperidine rings is 1. The molecule has 0 N–H and O–H groups in total. The fourth-order valence-electron chi connectivity index (χ4n) is 2.70. The molecule has 1 aromatic carbocycles. The quantitative estimate of drug-likeness (QED) is 0.357. The van der Waals surface area contributed by atoms with Crippen LogP contribution in [0.2, 0.25) is 0 Å². The zero-order chi connectivity index (χ0) is 20.6. The molecule has 4 amide bonds. The van der Waals surface area contributed by atoms with Crippen molar-refractivity contribution in [2.75, 3.05) is 30.9 Å². The summed E-state index contributed by atoms with van der Waals surface area (Å²) in [7, 11) is 4.89. The van der Waals surface area contributed by atoms with Crippen LogP contribution in [0, 0.1) is 10.7 Å². The van der Waals surface area contributed by atoms with Gasteiger partial charge in [0.1, 0.15) is 0 Å². The van der Waals surface area contributed by atoms with Gasteiger partial charge in [0.2, 0.25) is 17.7 Å². The van der Waals surface area contributed by atoms with E-state index < -0.39 is 0 Å². The van der Waals surface area contributed by atoms with Crippen molar-refractivity contribution in [2.24, 2.45) is 0 Å². The normalized spacial score (nSPS) is 14.4. The number of carbonyl (C=O) groups excluding carboxylic acids is 4. The lowest BCUT2D eigenvalue weighted by Gasteiger charge is -2.31. The predicted octanol–water partition coefficient (Wildman–Crippen LogP) is 3.23. The summed E-state index contributed by atoms with van der Waals surface area (Å²) in [6.45, 7) is 1.43. The Bertz CT molecular complexity index is 839. The number of nitrogens with zero attached hydrogens (tertiary/aromatic N) is 3. The smallest absolute Gasteiger partial charge is 0.255 e. The van der Waals surface area contributed by atoms with Gasteiger partial charge in [-0.2, -0.15) is 0 Å². The van der Waals surface area contributed by atoms with Crippen molar-refractivity contribution in [3.8, 4) is 0 Å². The number of hydrogen-bond donors (Lipinski definition) is 0. The van der Waals surface area contributed by atoms with Gasteiger partial charge in [-0.15, -0.1) is 0 Å². The number of amides is 4. The molecule has 1 aromatic rings. The molecule has 0 atom stereocenters. The standard InChI is InChI=1S/C17H18I3N3O4/c1-8(24)22(4)15-12(18)11(17(27)21(2)3)13(19)16(14(15)20)23-9(25)6-5-7-10(23)26/h5-7H2,1-4H3. The highest BCUT2D eigenvalue weighted by atomic mass is 127. The molecule has 0 spiro atoms. The minimum atomic E-state index is -0.289. The molecular weight excluding hydrogens is 691 g/mol. The molecule has 1 aliphatic rings. The van der Waals surface area contributed by atoms with Crippen LogP contribution >= 0.6 is 67.8 Å². The summed E-state index contributed by atoms with van der Waals surface area (Å²) in [5.74, 6) is -1.04. The van der Waals surface area contributed by atoms with Crippen LogP contribution in [0.5, 0.6) is 0 Å². The van der Waals surface area contributed by atoms with E-state index in [-0.39, 0.29) is 36.5 Å². The van der Waals surface area contributed by atoms with Gasteiger partial charge in [0, 0.05) is 40.9 Å². The third-order valence-corrected chi connectivity index (χ3v) is 7.32. The second-order valence-electron chi connectivity index (χ2n) is 6.27. The molecule has 1 saturated heterocycles. The van der Waals surface area contributed by atoms with Gasteiger partial charge in [0.05, 0.1) is 27.6 Å². The Hall–Kier alpha value is -0.510. The van der Waals surface area contributed by atoms with Gasteiger partial charge in [-0.3, -0.25) is 19.2 Å². The first kappa shape index (κ1) is 22.8. The van der Waals surface area contributed by atoms with Crippen molar-refractivity contribution in [2.45, 2.75) is 26.2 Å². The summed E-state index contributed by atoms with van der Waals surface area (Å²) in [6.07, 6.45) is 1.08. The highest BCUT2D eigenvalue weighted by Crippen LogP contribution is 2.43. The number of hydrogen-bond acceptors (Lipinski definition) is 4. The Morgan fingerprint density at radius 1 is 0.926 bits per heavy atom. The van der Waals surface area contributed by atoms with Gasteiger partial charge in [0.15, 0.2) is 0 Å². The highest BCUT2D eigenvalue weighted by Gasteiger charge is 2.36. The lowest BCUT2D eigenvalue weighted by Crippen LogP contribution is -2.42. The van der Waals surface area contributed by atoms with Crippen LogP contribution in [0.3, 0.4) is 0 Å². The molecule has 7 nitrogen and oxygen atoms in total. The lowest BCUT2D eigenvalue weighted by molar-refractivity contribution is -0.129. The van der Waals surface area contributed by atoms with E-state index in [9.17, 15) is 19.2 Å². The average Bonchev–Trinajstić information content (AvgIpc) is 2.56. The molecule has 0 saturated carbocycles. The Morgan fingerprint density at radius 2 is 1.44 bits per heavy atom. The molecule has 27 heavy (non-hydrogen) atoms. The molecule has 1 fully saturated rings. The SMILES string of the molecule is CC(=O)N(C)c1c(I)c(C(=O)N(C)C)c(I)c(N2C(=O)CCCC2=O)c1I. The lowest BCUT2D eigenvalue weighted by atomic mass is 10.1. The van der Waals surface area contributed by atoms with E-state index in [0.717, 1.165) is 0 Å². The molecule has 1 heterocycles. The predicted molar refractivity (Wildman–Crippen MR) is 128 cm³/mol. The van der Waals surface area contributed by atoms with Gasteiger partial charge in [-0.05, 0) is 74.2 Å². The number of halogens is 3. The molecule has 0 aliphatic carbocycles. The summed E-state index contributed by atoms with van der Waals surface area (Å²) in [6, 6.07) is 0. The number of carbonyl (C=O) groups is 4. The maximum atomic E-state index is 12.9. The van der Waals surface area contributed by atoms with Gasteiger partial charge in [-0.1, -0.05) is 0 Å². The van der Waals surface area contributed by atoms with Gasteiger partial charge >= 0.3 is 0 Å². The van der Waals surface area contributed by atoms with Crippen LogP contribution in [-0.2, 0) is 14.4 Å². The molecule has 10 heteroatoms. The summed E-state index contributed by atoms with van der Waals surface area (Å²) in [5.41, 5.74) is 1.29. The van der Waals surface area contributed by atoms with Crippen molar-refractivity contribution >= 4 is 103 Å². The van der Waals surface area contributed by atoms with Crippen molar-refractivity contribution in [1.29, 1.82) is 0 Å². The van der Waals surface area contributed by atoms with Crippen LogP contribution in [-0.4, -0.2) is 49.7 Å². The van der Waals surface area contributed by atoms with E-state index in [0.29, 0.717) is 34.1 Å². The molecule has 0 bridgehead atoms. The van der Waals surface area contributed by atoms with E-state index >= 15 is 0 Å². The topological polar surface area (TPSA) is 78.0 Å². The number of rotatable bonds is 3. The zero-order valence-corrected chi connectivity index (χ0v) is 21.7. The van der Waals surface area contributed by atoms with Gasteiger partial charge in [-0.25, -0.2) is 4.90 Å². The fraction of sp³-hybridized carbons (Fsp3) is 0.412. The van der Waals surface area contributed by atoms with E-state index in [1.807, 2.05) is 67.8 Å². The highest BCUT2D eigenvalue weighted by molar-refractivity contribution is 14.1. The Labute approximate surface area is 198 Å². The minimum Gasteiger partial charge on any atom is -0.345 e. The maximum Gasteiger partial charge on any atom is 0.255 e. The van der Waals surface area contributed by atoms with E-state index in [1.54, 1.807) is 21.1 Å². The Morgan fingerprint density at radius 3 is 1.89 bits per heavy atom. The molecule has 146 valence electrons. The van der Waals surface area contributed by atoms with Crippen molar-refractivity contribution < 1.29 is 19.2 Å². The van der Waals surface area contributed by atoms with Crippen LogP contribution in [0.4, 0.5) is 11.4 Å². The van der Waals surface area contributed by atoms with E-state index in [4.69, 9.17) is 0 Å². The van der Waals surface area contributed by atoms with Crippen LogP contribution in [0.15, 0.2) is 0 Å². The van der Waals surface area contributed by atoms with Gasteiger partial charge < -0.3 is 9.80 Å². The first-order chi connectivity index (χ1) is 12.5. The third kappa shape index (κ3) is 4.26. The first-order valence-electron chi connectivity index (χ1n) is 8.02. The first-order valence-corrected chi connectivity index (χ1v) is 11.3. The summed E-state index contributed by atoms with van der Waals surface area (Å²) in [5, 5.41) is 0. The second kappa shape index (κ2) is 8.88. The Balaban J connectivity index is 2.91. The fourth-order valence-corrected chi connectivity index (χ4v) is 7.53. The van der Waals surface area contributed by atoms with Crippen LogP contribution < -0.4 is 9.80 Å². The summed E-state index contributed by atoms with van der Waals surface area (Å²) < 4.78 is 1.74. The molecule has 0 aromatic heterocycles. The second-order valence-corrected chi connectivity index (χ2v) is 9.50. The summed E-state index contributed by atoms with van der Waals surface area (Å²) >= 11 is 6.11. The maximum absolute atomic E-state index is 12.9. The molecular formula is C17H18I3N3O4. The van der Waals surface area contributed by atoms with Crippen molar-refractivity contribution in [3.63, 3.8) is 0 Å². The molecule has 2 rings (SSSR count). The van der Waals surface area contributed by atoms with E-state index in [2.05, 4.69) is 0 Å². The van der Waals surface area contributed by atoms with E-state index in [1.165, 1.54) is 21.6 Å². The number of benzene rings is 1. The van der Waals surface area contributed by atoms with Crippen LogP contribution in [0.1, 0.15) is 36.5 Å². The monoisotopic (exact) mass is 709 g/mol. The average molecular weight is 709 g/mol. The molecule has 0 unspecified atom stereocenters. The minimum absolute atomic E-state index is 0.211. The van der Waals surface area contributed by atoms with Gasteiger partial charge in [0.25, 0.3) is 5.91 Å². The van der Waals surface area contributed by atoms with Crippen molar-refractivity contribution in [3.05, 3.63) is 16.3 Å². The molecule has 0 radical (unpaired) electrons. The summed E-state index contributed by atoms with van der Waals surface area (Å²) in [4.78, 5) is 54.0. The Kier molecular flexibility index (Phi) is 7.49. The van der Waals surface area contributed by atoms with Crippen molar-refractivity contribution in [1.82, 2.24) is 4.90 Å². The molecule has 1 aliphatic heterocycles. The number of anilines is 2. The zero-order valence-electron chi connectivity index (χ0n) is 15.2. The van der Waals surface area contributed by atoms with Crippen LogP contribution in [0.25, 0.3) is 0 Å².